The lowest BCUT2D eigenvalue weighted by Gasteiger charge is -2.19. The maximum Gasteiger partial charge on any atom is 0.0529 e. The van der Waals surface area contributed by atoms with Crippen molar-refractivity contribution in [2.75, 3.05) is 5.75 Å². The molecular weight excluding hydrogens is 242 g/mol. The summed E-state index contributed by atoms with van der Waals surface area (Å²) in [6, 6.07) is 8.34. The zero-order valence-corrected chi connectivity index (χ0v) is 12.7. The first-order valence-corrected chi connectivity index (χ1v) is 7.87. The Morgan fingerprint density at radius 1 is 1.22 bits per heavy atom. The summed E-state index contributed by atoms with van der Waals surface area (Å²) in [4.78, 5) is 0.924. The van der Waals surface area contributed by atoms with E-state index in [-0.39, 0.29) is 11.5 Å². The van der Waals surface area contributed by atoms with E-state index in [0.29, 0.717) is 5.75 Å². The molecule has 0 bridgehead atoms. The van der Waals surface area contributed by atoms with E-state index in [9.17, 15) is 4.21 Å². The van der Waals surface area contributed by atoms with Gasteiger partial charge in [-0.3, -0.25) is 4.21 Å². The molecule has 0 amide bonds. The van der Waals surface area contributed by atoms with Gasteiger partial charge in [0, 0.05) is 16.7 Å². The molecule has 2 atom stereocenters. The standard InChI is InChI=1S/C15H25NOS/c1-12(16)6-5-11-18(17)14-9-7-13(8-10-14)15(2,3)4/h7-10,12H,5-6,11,16H2,1-4H3. The van der Waals surface area contributed by atoms with Gasteiger partial charge in [-0.1, -0.05) is 32.9 Å². The molecule has 0 spiro atoms. The van der Waals surface area contributed by atoms with Crippen LogP contribution in [0.4, 0.5) is 0 Å². The van der Waals surface area contributed by atoms with E-state index in [2.05, 4.69) is 32.9 Å². The molecule has 0 fully saturated rings. The second-order valence-electron chi connectivity index (χ2n) is 5.94. The molecule has 0 saturated heterocycles. The molecule has 1 aromatic carbocycles. The average molecular weight is 267 g/mol. The molecular formula is C15H25NOS. The third-order valence-corrected chi connectivity index (χ3v) is 4.43. The van der Waals surface area contributed by atoms with Crippen LogP contribution in [0.3, 0.4) is 0 Å². The lowest BCUT2D eigenvalue weighted by atomic mass is 9.87. The Balaban J connectivity index is 2.60. The fourth-order valence-electron chi connectivity index (χ4n) is 1.76. The van der Waals surface area contributed by atoms with Crippen LogP contribution in [-0.2, 0) is 16.2 Å². The van der Waals surface area contributed by atoms with Crippen LogP contribution in [0.2, 0.25) is 0 Å². The third-order valence-electron chi connectivity index (χ3n) is 2.97. The Hall–Kier alpha value is -0.670. The molecule has 0 heterocycles. The summed E-state index contributed by atoms with van der Waals surface area (Å²) in [7, 11) is -0.890. The Morgan fingerprint density at radius 3 is 2.22 bits per heavy atom. The summed E-state index contributed by atoms with van der Waals surface area (Å²) in [6.07, 6.45) is 1.86. The molecule has 1 aromatic rings. The van der Waals surface area contributed by atoms with Crippen molar-refractivity contribution in [2.45, 2.75) is 56.9 Å². The zero-order chi connectivity index (χ0) is 13.8. The van der Waals surface area contributed by atoms with Gasteiger partial charge in [0.05, 0.1) is 10.8 Å². The number of nitrogens with two attached hydrogens (primary N) is 1. The van der Waals surface area contributed by atoms with E-state index >= 15 is 0 Å². The van der Waals surface area contributed by atoms with Crippen LogP contribution in [0.25, 0.3) is 0 Å². The SMILES string of the molecule is CC(N)CCCS(=O)c1ccc(C(C)(C)C)cc1. The van der Waals surface area contributed by atoms with E-state index in [1.54, 1.807) is 0 Å². The Bertz CT molecular complexity index is 390. The van der Waals surface area contributed by atoms with E-state index < -0.39 is 10.8 Å². The van der Waals surface area contributed by atoms with Crippen molar-refractivity contribution in [3.63, 3.8) is 0 Å². The predicted octanol–water partition coefficient (Wildman–Crippen LogP) is 3.22. The van der Waals surface area contributed by atoms with E-state index in [0.717, 1.165) is 17.7 Å². The first kappa shape index (κ1) is 15.4. The van der Waals surface area contributed by atoms with Crippen LogP contribution in [0.15, 0.2) is 29.2 Å². The Morgan fingerprint density at radius 2 is 1.78 bits per heavy atom. The van der Waals surface area contributed by atoms with Crippen LogP contribution in [0.5, 0.6) is 0 Å². The minimum atomic E-state index is -0.890. The number of hydrogen-bond acceptors (Lipinski definition) is 2. The first-order valence-electron chi connectivity index (χ1n) is 6.55. The van der Waals surface area contributed by atoms with Gasteiger partial charge < -0.3 is 5.73 Å². The molecule has 1 rings (SSSR count). The lowest BCUT2D eigenvalue weighted by Crippen LogP contribution is -2.15. The van der Waals surface area contributed by atoms with Crippen molar-refractivity contribution in [3.8, 4) is 0 Å². The quantitative estimate of drug-likeness (QED) is 0.890. The maximum absolute atomic E-state index is 12.1. The molecule has 102 valence electrons. The second-order valence-corrected chi connectivity index (χ2v) is 7.51. The summed E-state index contributed by atoms with van der Waals surface area (Å²) in [5.41, 5.74) is 7.11. The Labute approximate surface area is 113 Å². The fraction of sp³-hybridized carbons (Fsp3) is 0.600. The molecule has 0 aliphatic carbocycles. The fourth-order valence-corrected chi connectivity index (χ4v) is 2.87. The summed E-state index contributed by atoms with van der Waals surface area (Å²) < 4.78 is 12.1. The van der Waals surface area contributed by atoms with Gasteiger partial charge in [0.15, 0.2) is 0 Å². The van der Waals surface area contributed by atoms with Crippen molar-refractivity contribution in [2.24, 2.45) is 5.73 Å². The lowest BCUT2D eigenvalue weighted by molar-refractivity contribution is 0.589. The second kappa shape index (κ2) is 6.48. The summed E-state index contributed by atoms with van der Waals surface area (Å²) in [6.45, 7) is 8.53. The first-order chi connectivity index (χ1) is 8.30. The molecule has 0 aliphatic rings. The number of rotatable bonds is 5. The predicted molar refractivity (Wildman–Crippen MR) is 79.3 cm³/mol. The highest BCUT2D eigenvalue weighted by Gasteiger charge is 2.13. The van der Waals surface area contributed by atoms with Gasteiger partial charge in [-0.2, -0.15) is 0 Å². The van der Waals surface area contributed by atoms with Crippen LogP contribution in [-0.4, -0.2) is 16.0 Å². The highest BCUT2D eigenvalue weighted by atomic mass is 32.2. The molecule has 18 heavy (non-hydrogen) atoms. The molecule has 3 heteroatoms. The van der Waals surface area contributed by atoms with Gasteiger partial charge in [-0.15, -0.1) is 0 Å². The van der Waals surface area contributed by atoms with Crippen LogP contribution < -0.4 is 5.73 Å². The summed E-state index contributed by atoms with van der Waals surface area (Å²) >= 11 is 0. The highest BCUT2D eigenvalue weighted by Crippen LogP contribution is 2.23. The molecule has 0 saturated carbocycles. The van der Waals surface area contributed by atoms with Gasteiger partial charge in [-0.25, -0.2) is 0 Å². The van der Waals surface area contributed by atoms with E-state index in [4.69, 9.17) is 5.73 Å². The van der Waals surface area contributed by atoms with Crippen molar-refractivity contribution in [1.29, 1.82) is 0 Å². The topological polar surface area (TPSA) is 43.1 Å². The van der Waals surface area contributed by atoms with E-state index in [1.165, 1.54) is 5.56 Å². The number of hydrogen-bond donors (Lipinski definition) is 1. The van der Waals surface area contributed by atoms with Crippen molar-refractivity contribution in [1.82, 2.24) is 0 Å². The minimum Gasteiger partial charge on any atom is -0.328 e. The largest absolute Gasteiger partial charge is 0.328 e. The molecule has 0 aromatic heterocycles. The molecule has 2 N–H and O–H groups in total. The smallest absolute Gasteiger partial charge is 0.0529 e. The van der Waals surface area contributed by atoms with Crippen molar-refractivity contribution >= 4 is 10.8 Å². The van der Waals surface area contributed by atoms with Crippen molar-refractivity contribution in [3.05, 3.63) is 29.8 Å². The normalized spacial score (nSPS) is 15.4. The molecule has 2 nitrogen and oxygen atoms in total. The Kier molecular flexibility index (Phi) is 5.54. The molecule has 2 unspecified atom stereocenters. The van der Waals surface area contributed by atoms with Gasteiger partial charge >= 0.3 is 0 Å². The van der Waals surface area contributed by atoms with Gasteiger partial charge in [0.2, 0.25) is 0 Å². The third kappa shape index (κ3) is 4.91. The maximum atomic E-state index is 12.1. The number of benzene rings is 1. The summed E-state index contributed by atoms with van der Waals surface area (Å²) in [5.74, 6) is 0.705. The molecule has 0 radical (unpaired) electrons. The van der Waals surface area contributed by atoms with Crippen LogP contribution >= 0.6 is 0 Å². The van der Waals surface area contributed by atoms with E-state index in [1.807, 2.05) is 19.1 Å². The zero-order valence-electron chi connectivity index (χ0n) is 11.9. The van der Waals surface area contributed by atoms with Crippen LogP contribution in [0, 0.1) is 0 Å². The highest BCUT2D eigenvalue weighted by molar-refractivity contribution is 7.85. The van der Waals surface area contributed by atoms with Crippen LogP contribution in [0.1, 0.15) is 46.1 Å². The van der Waals surface area contributed by atoms with Gasteiger partial charge in [-0.05, 0) is 42.9 Å². The van der Waals surface area contributed by atoms with Gasteiger partial charge in [0.25, 0.3) is 0 Å². The monoisotopic (exact) mass is 267 g/mol. The molecule has 0 aliphatic heterocycles. The average Bonchev–Trinajstić information content (AvgIpc) is 2.27. The van der Waals surface area contributed by atoms with Gasteiger partial charge in [0.1, 0.15) is 0 Å². The minimum absolute atomic E-state index is 0.148. The van der Waals surface area contributed by atoms with Crippen molar-refractivity contribution < 1.29 is 4.21 Å². The summed E-state index contributed by atoms with van der Waals surface area (Å²) in [5, 5.41) is 0.